The number of nitrogen functional groups attached to an aromatic ring is 1. The standard InChI is InChI=1S/C15H23N3O/c1-4-17-7-8-18(10-12(17)3)15(19)14-9-13(16)6-5-11(14)2/h5-6,9,12H,4,7-8,10,16H2,1-3H3. The van der Waals surface area contributed by atoms with E-state index in [1.165, 1.54) is 0 Å². The molecule has 0 radical (unpaired) electrons. The maximum absolute atomic E-state index is 12.6. The molecule has 104 valence electrons. The van der Waals surface area contributed by atoms with E-state index in [0.717, 1.165) is 37.3 Å². The van der Waals surface area contributed by atoms with E-state index in [1.807, 2.05) is 24.0 Å². The van der Waals surface area contributed by atoms with Gasteiger partial charge in [-0.3, -0.25) is 9.69 Å². The van der Waals surface area contributed by atoms with Crippen molar-refractivity contribution < 1.29 is 4.79 Å². The topological polar surface area (TPSA) is 49.6 Å². The number of nitrogens with two attached hydrogens (primary N) is 1. The number of anilines is 1. The van der Waals surface area contributed by atoms with Crippen molar-refractivity contribution in [3.8, 4) is 0 Å². The summed E-state index contributed by atoms with van der Waals surface area (Å²) in [4.78, 5) is 16.9. The van der Waals surface area contributed by atoms with Crippen molar-refractivity contribution in [3.63, 3.8) is 0 Å². The number of rotatable bonds is 2. The van der Waals surface area contributed by atoms with Crippen LogP contribution in [0.4, 0.5) is 5.69 Å². The predicted molar refractivity (Wildman–Crippen MR) is 78.2 cm³/mol. The summed E-state index contributed by atoms with van der Waals surface area (Å²) in [6.07, 6.45) is 0. The first-order valence-corrected chi connectivity index (χ1v) is 6.92. The fourth-order valence-corrected chi connectivity index (χ4v) is 2.69. The van der Waals surface area contributed by atoms with Gasteiger partial charge in [-0.2, -0.15) is 0 Å². The molecule has 2 N–H and O–H groups in total. The zero-order valence-corrected chi connectivity index (χ0v) is 12.0. The molecule has 1 aromatic carbocycles. The first kappa shape index (κ1) is 13.9. The molecular weight excluding hydrogens is 238 g/mol. The monoisotopic (exact) mass is 261 g/mol. The maximum atomic E-state index is 12.6. The minimum atomic E-state index is 0.104. The summed E-state index contributed by atoms with van der Waals surface area (Å²) in [7, 11) is 0. The van der Waals surface area contributed by atoms with E-state index in [9.17, 15) is 4.79 Å². The summed E-state index contributed by atoms with van der Waals surface area (Å²) >= 11 is 0. The smallest absolute Gasteiger partial charge is 0.254 e. The Hall–Kier alpha value is -1.55. The molecule has 1 fully saturated rings. The van der Waals surface area contributed by atoms with E-state index in [2.05, 4.69) is 18.7 Å². The zero-order chi connectivity index (χ0) is 14.0. The molecule has 0 saturated carbocycles. The Kier molecular flexibility index (Phi) is 4.10. The van der Waals surface area contributed by atoms with Crippen molar-refractivity contribution in [1.29, 1.82) is 0 Å². The Balaban J connectivity index is 2.14. The lowest BCUT2D eigenvalue weighted by Gasteiger charge is -2.39. The fraction of sp³-hybridized carbons (Fsp3) is 0.533. The number of carbonyl (C=O) groups excluding carboxylic acids is 1. The highest BCUT2D eigenvalue weighted by Gasteiger charge is 2.26. The Morgan fingerprint density at radius 3 is 2.79 bits per heavy atom. The van der Waals surface area contributed by atoms with Gasteiger partial charge < -0.3 is 10.6 Å². The van der Waals surface area contributed by atoms with Crippen molar-refractivity contribution in [1.82, 2.24) is 9.80 Å². The van der Waals surface area contributed by atoms with Crippen LogP contribution in [0.3, 0.4) is 0 Å². The first-order valence-electron chi connectivity index (χ1n) is 6.92. The largest absolute Gasteiger partial charge is 0.399 e. The van der Waals surface area contributed by atoms with Crippen molar-refractivity contribution in [2.24, 2.45) is 0 Å². The Morgan fingerprint density at radius 2 is 2.16 bits per heavy atom. The van der Waals surface area contributed by atoms with Gasteiger partial charge >= 0.3 is 0 Å². The molecule has 0 bridgehead atoms. The van der Waals surface area contributed by atoms with Crippen LogP contribution in [0.1, 0.15) is 29.8 Å². The third kappa shape index (κ3) is 2.89. The zero-order valence-electron chi connectivity index (χ0n) is 12.0. The van der Waals surface area contributed by atoms with Gasteiger partial charge in [0.05, 0.1) is 0 Å². The molecule has 2 rings (SSSR count). The van der Waals surface area contributed by atoms with Crippen molar-refractivity contribution in [2.45, 2.75) is 26.8 Å². The number of hydrogen-bond donors (Lipinski definition) is 1. The molecule has 1 unspecified atom stereocenters. The number of hydrogen-bond acceptors (Lipinski definition) is 3. The van der Waals surface area contributed by atoms with Gasteiger partial charge in [-0.05, 0) is 38.1 Å². The number of carbonyl (C=O) groups is 1. The van der Waals surface area contributed by atoms with Crippen LogP contribution in [0.25, 0.3) is 0 Å². The summed E-state index contributed by atoms with van der Waals surface area (Å²) in [5, 5.41) is 0. The number of aryl methyl sites for hydroxylation is 1. The van der Waals surface area contributed by atoms with Gasteiger partial charge in [0.1, 0.15) is 0 Å². The number of likely N-dealkylation sites (N-methyl/N-ethyl adjacent to an activating group) is 1. The van der Waals surface area contributed by atoms with Crippen LogP contribution in [0.2, 0.25) is 0 Å². The van der Waals surface area contributed by atoms with Gasteiger partial charge in [0, 0.05) is 36.9 Å². The molecular formula is C15H23N3O. The van der Waals surface area contributed by atoms with E-state index < -0.39 is 0 Å². The summed E-state index contributed by atoms with van der Waals surface area (Å²) < 4.78 is 0. The SMILES string of the molecule is CCN1CCN(C(=O)c2cc(N)ccc2C)CC1C. The molecule has 0 aromatic heterocycles. The second-order valence-electron chi connectivity index (χ2n) is 5.30. The van der Waals surface area contributed by atoms with E-state index in [1.54, 1.807) is 6.07 Å². The highest BCUT2D eigenvalue weighted by molar-refractivity contribution is 5.96. The molecule has 0 aliphatic carbocycles. The van der Waals surface area contributed by atoms with Gasteiger partial charge in [-0.25, -0.2) is 0 Å². The molecule has 1 aliphatic rings. The van der Waals surface area contributed by atoms with Crippen LogP contribution >= 0.6 is 0 Å². The van der Waals surface area contributed by atoms with Gasteiger partial charge in [-0.15, -0.1) is 0 Å². The summed E-state index contributed by atoms with van der Waals surface area (Å²) in [6, 6.07) is 5.95. The quantitative estimate of drug-likeness (QED) is 0.825. The van der Waals surface area contributed by atoms with Crippen molar-refractivity contribution >= 4 is 11.6 Å². The van der Waals surface area contributed by atoms with E-state index in [4.69, 9.17) is 5.73 Å². The van der Waals surface area contributed by atoms with E-state index in [0.29, 0.717) is 11.7 Å². The van der Waals surface area contributed by atoms with Crippen LogP contribution < -0.4 is 5.73 Å². The van der Waals surface area contributed by atoms with Crippen LogP contribution in [-0.4, -0.2) is 47.9 Å². The molecule has 1 aliphatic heterocycles. The van der Waals surface area contributed by atoms with Crippen LogP contribution in [0.15, 0.2) is 18.2 Å². The first-order chi connectivity index (χ1) is 9.02. The number of amides is 1. The highest BCUT2D eigenvalue weighted by Crippen LogP contribution is 2.17. The lowest BCUT2D eigenvalue weighted by Crippen LogP contribution is -2.53. The molecule has 0 spiro atoms. The third-order valence-electron chi connectivity index (χ3n) is 3.95. The van der Waals surface area contributed by atoms with Crippen LogP contribution in [-0.2, 0) is 0 Å². The Morgan fingerprint density at radius 1 is 1.42 bits per heavy atom. The van der Waals surface area contributed by atoms with Crippen LogP contribution in [0, 0.1) is 6.92 Å². The third-order valence-corrected chi connectivity index (χ3v) is 3.95. The summed E-state index contributed by atoms with van der Waals surface area (Å²) in [5.74, 6) is 0.104. The summed E-state index contributed by atoms with van der Waals surface area (Å²) in [5.41, 5.74) is 8.16. The molecule has 19 heavy (non-hydrogen) atoms. The van der Waals surface area contributed by atoms with Gasteiger partial charge in [0.15, 0.2) is 0 Å². The fourth-order valence-electron chi connectivity index (χ4n) is 2.69. The second-order valence-corrected chi connectivity index (χ2v) is 5.30. The van der Waals surface area contributed by atoms with Crippen LogP contribution in [0.5, 0.6) is 0 Å². The maximum Gasteiger partial charge on any atom is 0.254 e. The van der Waals surface area contributed by atoms with Gasteiger partial charge in [-0.1, -0.05) is 13.0 Å². The molecule has 4 heteroatoms. The number of benzene rings is 1. The predicted octanol–water partition coefficient (Wildman–Crippen LogP) is 1.74. The minimum Gasteiger partial charge on any atom is -0.399 e. The minimum absolute atomic E-state index is 0.104. The van der Waals surface area contributed by atoms with Gasteiger partial charge in [0.2, 0.25) is 0 Å². The average molecular weight is 261 g/mol. The average Bonchev–Trinajstić information content (AvgIpc) is 2.40. The Labute approximate surface area is 115 Å². The lowest BCUT2D eigenvalue weighted by molar-refractivity contribution is 0.0527. The molecule has 1 aromatic rings. The van der Waals surface area contributed by atoms with E-state index >= 15 is 0 Å². The van der Waals surface area contributed by atoms with Gasteiger partial charge in [0.25, 0.3) is 5.91 Å². The molecule has 1 amide bonds. The molecule has 1 saturated heterocycles. The highest BCUT2D eigenvalue weighted by atomic mass is 16.2. The summed E-state index contributed by atoms with van der Waals surface area (Å²) in [6.45, 7) is 9.88. The van der Waals surface area contributed by atoms with Crippen molar-refractivity contribution in [3.05, 3.63) is 29.3 Å². The number of nitrogens with zero attached hydrogens (tertiary/aromatic N) is 2. The molecule has 4 nitrogen and oxygen atoms in total. The van der Waals surface area contributed by atoms with Crippen molar-refractivity contribution in [2.75, 3.05) is 31.9 Å². The lowest BCUT2D eigenvalue weighted by atomic mass is 10.1. The Bertz CT molecular complexity index is 472. The molecule has 1 heterocycles. The normalized spacial score (nSPS) is 20.6. The number of piperazine rings is 1. The molecule has 1 atom stereocenters. The van der Waals surface area contributed by atoms with E-state index in [-0.39, 0.29) is 5.91 Å². The second kappa shape index (κ2) is 5.61.